The van der Waals surface area contributed by atoms with Gasteiger partial charge in [-0.05, 0) is 52.1 Å². The first-order chi connectivity index (χ1) is 19.6. The first kappa shape index (κ1) is 27.1. The van der Waals surface area contributed by atoms with Crippen molar-refractivity contribution in [3.63, 3.8) is 0 Å². The summed E-state index contributed by atoms with van der Waals surface area (Å²) >= 11 is 3.46. The van der Waals surface area contributed by atoms with Gasteiger partial charge in [-0.3, -0.25) is 0 Å². The molecule has 0 radical (unpaired) electrons. The van der Waals surface area contributed by atoms with Crippen LogP contribution in [0.25, 0.3) is 21.3 Å². The van der Waals surface area contributed by atoms with Crippen LogP contribution in [0.5, 0.6) is 0 Å². The molecule has 0 aliphatic carbocycles. The average molecular weight is 569 g/mol. The van der Waals surface area contributed by atoms with Crippen molar-refractivity contribution in [1.29, 1.82) is 0 Å². The first-order valence-electron chi connectivity index (χ1n) is 13.5. The van der Waals surface area contributed by atoms with E-state index in [9.17, 15) is 5.11 Å². The van der Waals surface area contributed by atoms with Crippen LogP contribution in [0, 0.1) is 5.92 Å². The van der Waals surface area contributed by atoms with Crippen molar-refractivity contribution in [1.82, 2.24) is 4.98 Å². The van der Waals surface area contributed by atoms with E-state index in [0.29, 0.717) is 6.54 Å². The Morgan fingerprint density at radius 1 is 0.850 bits per heavy atom. The van der Waals surface area contributed by atoms with Crippen LogP contribution in [-0.4, -0.2) is 21.9 Å². The summed E-state index contributed by atoms with van der Waals surface area (Å²) in [6.07, 6.45) is -0.725. The van der Waals surface area contributed by atoms with Crippen LogP contribution < -0.4 is 5.73 Å². The van der Waals surface area contributed by atoms with E-state index in [1.54, 1.807) is 23.1 Å². The van der Waals surface area contributed by atoms with Crippen molar-refractivity contribution in [2.75, 3.05) is 5.75 Å². The maximum absolute atomic E-state index is 9.54. The summed E-state index contributed by atoms with van der Waals surface area (Å²) in [6.45, 7) is 2.72. The quantitative estimate of drug-likeness (QED) is 0.189. The van der Waals surface area contributed by atoms with Gasteiger partial charge in [0.1, 0.15) is 0 Å². The van der Waals surface area contributed by atoms with Gasteiger partial charge in [0, 0.05) is 23.8 Å². The lowest BCUT2D eigenvalue weighted by Crippen LogP contribution is -2.38. The highest BCUT2D eigenvalue weighted by Gasteiger charge is 2.38. The molecule has 5 aromatic rings. The highest BCUT2D eigenvalue weighted by atomic mass is 32.2. The van der Waals surface area contributed by atoms with E-state index in [1.807, 2.05) is 30.3 Å². The topological polar surface area (TPSA) is 77.6 Å². The van der Waals surface area contributed by atoms with Crippen LogP contribution in [0.2, 0.25) is 0 Å². The van der Waals surface area contributed by atoms with Gasteiger partial charge in [-0.15, -0.1) is 11.3 Å². The van der Waals surface area contributed by atoms with Gasteiger partial charge in [0.2, 0.25) is 0 Å². The number of nitrogens with two attached hydrogens (primary N) is 1. The molecule has 4 aromatic carbocycles. The second-order valence-electron chi connectivity index (χ2n) is 10.1. The van der Waals surface area contributed by atoms with Gasteiger partial charge in [0.15, 0.2) is 10.6 Å². The number of thioether (sulfide) groups is 1. The van der Waals surface area contributed by atoms with E-state index >= 15 is 0 Å². The van der Waals surface area contributed by atoms with Crippen LogP contribution in [0.15, 0.2) is 101 Å². The second-order valence-corrected chi connectivity index (χ2v) is 12.4. The fraction of sp³-hybridized carbons (Fsp3) is 0.242. The molecule has 0 amide bonds. The van der Waals surface area contributed by atoms with Crippen molar-refractivity contribution in [3.8, 4) is 11.1 Å². The molecule has 204 valence electrons. The number of aliphatic hydroxyl groups is 1. The molecule has 2 heterocycles. The summed E-state index contributed by atoms with van der Waals surface area (Å²) in [5.74, 6) is 0.882. The zero-order valence-corrected chi connectivity index (χ0v) is 23.9. The van der Waals surface area contributed by atoms with Gasteiger partial charge in [-0.1, -0.05) is 91.5 Å². The number of hydrogen-bond acceptors (Lipinski definition) is 7. The number of thiazole rings is 1. The highest BCUT2D eigenvalue weighted by molar-refractivity contribution is 8.01. The molecule has 1 aliphatic heterocycles. The predicted octanol–water partition coefficient (Wildman–Crippen LogP) is 7.50. The summed E-state index contributed by atoms with van der Waals surface area (Å²) in [5, 5.41) is 9.54. The summed E-state index contributed by atoms with van der Waals surface area (Å²) < 4.78 is 15.6. The fourth-order valence-electron chi connectivity index (χ4n) is 5.12. The number of benzene rings is 4. The standard InChI is InChI=1S/C33H32N2O3S2/c1-21-29(20-39-33-35-28-10-2-3-11-30(28)40-33)37-32(38-31(21)24-14-12-22(19-36)13-15-24)27-9-5-8-26(17-27)25-7-4-6-23(16-25)18-34/h2-17,21,29,31-32,36H,18-20,34H2,1H3/t21-,29+,31+,32+/m0/s1. The molecular formula is C33H32N2O3S2. The maximum atomic E-state index is 9.54. The minimum Gasteiger partial charge on any atom is -0.392 e. The van der Waals surface area contributed by atoms with Gasteiger partial charge >= 0.3 is 0 Å². The SMILES string of the molecule is C[C@H]1[C@@H](CSc2nc3ccccc3s2)O[C@@H](c2cccc(-c3cccc(CN)c3)c2)O[C@H]1c1ccc(CO)cc1. The smallest absolute Gasteiger partial charge is 0.184 e. The van der Waals surface area contributed by atoms with Crippen LogP contribution in [0.3, 0.4) is 0 Å². The van der Waals surface area contributed by atoms with Crippen molar-refractivity contribution in [2.45, 2.75) is 42.9 Å². The van der Waals surface area contributed by atoms with Gasteiger partial charge in [0.05, 0.1) is 29.0 Å². The number of aliphatic hydroxyl groups excluding tert-OH is 1. The van der Waals surface area contributed by atoms with E-state index in [1.165, 1.54) is 4.70 Å². The van der Waals surface area contributed by atoms with Crippen LogP contribution in [-0.2, 0) is 22.6 Å². The third-order valence-electron chi connectivity index (χ3n) is 7.42. The third-order valence-corrected chi connectivity index (χ3v) is 9.69. The average Bonchev–Trinajstić information content (AvgIpc) is 3.44. The molecular weight excluding hydrogens is 537 g/mol. The summed E-state index contributed by atoms with van der Waals surface area (Å²) in [4.78, 5) is 4.82. The number of para-hydroxylation sites is 1. The summed E-state index contributed by atoms with van der Waals surface area (Å²) in [7, 11) is 0. The van der Waals surface area contributed by atoms with E-state index in [4.69, 9.17) is 20.2 Å². The molecule has 0 bridgehead atoms. The van der Waals surface area contributed by atoms with Crippen molar-refractivity contribution < 1.29 is 14.6 Å². The van der Waals surface area contributed by atoms with Gasteiger partial charge in [-0.25, -0.2) is 4.98 Å². The minimum atomic E-state index is -0.516. The molecule has 40 heavy (non-hydrogen) atoms. The van der Waals surface area contributed by atoms with E-state index in [0.717, 1.165) is 49.0 Å². The lowest BCUT2D eigenvalue weighted by molar-refractivity contribution is -0.268. The summed E-state index contributed by atoms with van der Waals surface area (Å²) in [5.41, 5.74) is 13.2. The number of nitrogens with zero attached hydrogens (tertiary/aromatic N) is 1. The Labute approximate surface area is 243 Å². The Balaban J connectivity index is 1.29. The largest absolute Gasteiger partial charge is 0.392 e. The molecule has 1 aliphatic rings. The number of rotatable bonds is 8. The maximum Gasteiger partial charge on any atom is 0.184 e. The Morgan fingerprint density at radius 3 is 2.40 bits per heavy atom. The number of fused-ring (bicyclic) bond motifs is 1. The Morgan fingerprint density at radius 2 is 1.62 bits per heavy atom. The molecule has 7 heteroatoms. The van der Waals surface area contributed by atoms with E-state index < -0.39 is 6.29 Å². The molecule has 3 N–H and O–H groups in total. The summed E-state index contributed by atoms with van der Waals surface area (Å²) in [6, 6.07) is 33.0. The number of aromatic nitrogens is 1. The Bertz CT molecular complexity index is 1550. The first-order valence-corrected chi connectivity index (χ1v) is 15.3. The van der Waals surface area contributed by atoms with Crippen LogP contribution in [0.1, 0.15) is 41.6 Å². The number of hydrogen-bond donors (Lipinski definition) is 2. The number of ether oxygens (including phenoxy) is 2. The normalized spacial score (nSPS) is 21.1. The molecule has 5 nitrogen and oxygen atoms in total. The second kappa shape index (κ2) is 12.2. The predicted molar refractivity (Wildman–Crippen MR) is 163 cm³/mol. The van der Waals surface area contributed by atoms with Crippen molar-refractivity contribution in [2.24, 2.45) is 11.7 Å². The van der Waals surface area contributed by atoms with Gasteiger partial charge in [0.25, 0.3) is 0 Å². The molecule has 0 unspecified atom stereocenters. The molecule has 0 spiro atoms. The monoisotopic (exact) mass is 568 g/mol. The highest BCUT2D eigenvalue weighted by Crippen LogP contribution is 2.44. The van der Waals surface area contributed by atoms with Crippen molar-refractivity contribution in [3.05, 3.63) is 119 Å². The van der Waals surface area contributed by atoms with E-state index in [2.05, 4.69) is 73.7 Å². The molecule has 4 atom stereocenters. The Hall–Kier alpha value is -3.04. The molecule has 6 rings (SSSR count). The molecule has 1 aromatic heterocycles. The van der Waals surface area contributed by atoms with Gasteiger partial charge in [-0.2, -0.15) is 0 Å². The Kier molecular flexibility index (Phi) is 8.30. The fourth-order valence-corrected chi connectivity index (χ4v) is 7.38. The minimum absolute atomic E-state index is 0.0205. The zero-order valence-electron chi connectivity index (χ0n) is 22.3. The zero-order chi connectivity index (χ0) is 27.5. The van der Waals surface area contributed by atoms with E-state index in [-0.39, 0.29) is 24.7 Å². The van der Waals surface area contributed by atoms with Crippen LogP contribution in [0.4, 0.5) is 0 Å². The lowest BCUT2D eigenvalue weighted by atomic mass is 9.91. The lowest BCUT2D eigenvalue weighted by Gasteiger charge is -2.41. The molecule has 1 fully saturated rings. The molecule has 0 saturated carbocycles. The van der Waals surface area contributed by atoms with Crippen LogP contribution >= 0.6 is 23.1 Å². The third kappa shape index (κ3) is 5.86. The molecule has 1 saturated heterocycles. The van der Waals surface area contributed by atoms with Crippen molar-refractivity contribution >= 4 is 33.3 Å². The van der Waals surface area contributed by atoms with Gasteiger partial charge < -0.3 is 20.3 Å².